The van der Waals surface area contributed by atoms with Crippen molar-refractivity contribution in [1.29, 1.82) is 0 Å². The summed E-state index contributed by atoms with van der Waals surface area (Å²) in [4.78, 5) is 13.0. The summed E-state index contributed by atoms with van der Waals surface area (Å²) in [5.41, 5.74) is 0.707. The molecule has 1 N–H and O–H groups in total. The van der Waals surface area contributed by atoms with Crippen molar-refractivity contribution >= 4 is 11.0 Å². The van der Waals surface area contributed by atoms with Gasteiger partial charge in [0, 0.05) is 17.2 Å². The first-order valence-corrected chi connectivity index (χ1v) is 8.10. The maximum absolute atomic E-state index is 13.0. The van der Waals surface area contributed by atoms with Crippen LogP contribution in [0, 0.1) is 6.92 Å². The molecule has 0 unspecified atom stereocenters. The fourth-order valence-corrected chi connectivity index (χ4v) is 2.96. The predicted molar refractivity (Wildman–Crippen MR) is 101 cm³/mol. The fourth-order valence-electron chi connectivity index (χ4n) is 2.96. The van der Waals surface area contributed by atoms with E-state index in [1.54, 1.807) is 31.2 Å². The van der Waals surface area contributed by atoms with Crippen molar-refractivity contribution in [3.8, 4) is 40.1 Å². The van der Waals surface area contributed by atoms with Crippen LogP contribution in [0.2, 0.25) is 0 Å². The summed E-state index contributed by atoms with van der Waals surface area (Å²) in [6.45, 7) is 1.65. The van der Waals surface area contributed by atoms with Gasteiger partial charge in [0.25, 0.3) is 0 Å². The van der Waals surface area contributed by atoms with Crippen LogP contribution in [-0.4, -0.2) is 33.5 Å². The van der Waals surface area contributed by atoms with Gasteiger partial charge in [0.05, 0.1) is 28.4 Å². The maximum atomic E-state index is 13.0. The van der Waals surface area contributed by atoms with E-state index in [1.807, 2.05) is 0 Å². The molecule has 0 atom stereocenters. The third-order valence-electron chi connectivity index (χ3n) is 4.39. The number of benzene rings is 2. The van der Waals surface area contributed by atoms with Gasteiger partial charge in [0.15, 0.2) is 17.3 Å². The molecule has 0 fully saturated rings. The largest absolute Gasteiger partial charge is 0.507 e. The second-order valence-electron chi connectivity index (χ2n) is 5.79. The highest BCUT2D eigenvalue weighted by molar-refractivity contribution is 5.90. The molecular weight excluding hydrogens is 352 g/mol. The van der Waals surface area contributed by atoms with Crippen molar-refractivity contribution < 1.29 is 28.5 Å². The fraction of sp³-hybridized carbons (Fsp3) is 0.250. The average Bonchev–Trinajstić information content (AvgIpc) is 2.69. The van der Waals surface area contributed by atoms with Gasteiger partial charge in [-0.25, -0.2) is 0 Å². The number of fused-ring (bicyclic) bond motifs is 1. The molecule has 7 heteroatoms. The number of phenols is 1. The molecule has 3 rings (SSSR count). The lowest BCUT2D eigenvalue weighted by Crippen LogP contribution is -2.08. The highest BCUT2D eigenvalue weighted by Crippen LogP contribution is 2.40. The third-order valence-corrected chi connectivity index (χ3v) is 4.39. The molecule has 1 aromatic heterocycles. The normalized spacial score (nSPS) is 10.7. The van der Waals surface area contributed by atoms with E-state index in [2.05, 4.69) is 0 Å². The summed E-state index contributed by atoms with van der Waals surface area (Å²) in [6, 6.07) is 6.66. The van der Waals surface area contributed by atoms with Gasteiger partial charge >= 0.3 is 0 Å². The average molecular weight is 372 g/mol. The minimum atomic E-state index is -0.480. The Kier molecular flexibility index (Phi) is 4.85. The molecule has 0 amide bonds. The molecule has 0 spiro atoms. The summed E-state index contributed by atoms with van der Waals surface area (Å²) in [6.07, 6.45) is 0. The molecule has 0 saturated carbocycles. The summed E-state index contributed by atoms with van der Waals surface area (Å²) in [7, 11) is 5.90. The molecule has 0 bridgehead atoms. The van der Waals surface area contributed by atoms with Crippen molar-refractivity contribution in [3.63, 3.8) is 0 Å². The number of phenolic OH excluding ortho intramolecular Hbond substituents is 1. The van der Waals surface area contributed by atoms with Gasteiger partial charge in [-0.05, 0) is 25.1 Å². The number of hydrogen-bond acceptors (Lipinski definition) is 7. The topological polar surface area (TPSA) is 87.4 Å². The van der Waals surface area contributed by atoms with Crippen molar-refractivity contribution in [3.05, 3.63) is 40.1 Å². The molecule has 0 aliphatic rings. The third kappa shape index (κ3) is 2.91. The molecule has 1 heterocycles. The Balaban J connectivity index is 2.37. The molecule has 142 valence electrons. The van der Waals surface area contributed by atoms with Crippen molar-refractivity contribution in [2.45, 2.75) is 6.92 Å². The van der Waals surface area contributed by atoms with Gasteiger partial charge in [-0.3, -0.25) is 4.79 Å². The molecule has 0 saturated heterocycles. The molecule has 0 radical (unpaired) electrons. The molecule has 0 aliphatic carbocycles. The van der Waals surface area contributed by atoms with Crippen LogP contribution >= 0.6 is 0 Å². The summed E-state index contributed by atoms with van der Waals surface area (Å²) in [5.74, 6) is 1.42. The van der Waals surface area contributed by atoms with E-state index in [-0.39, 0.29) is 28.2 Å². The highest BCUT2D eigenvalue weighted by Gasteiger charge is 2.22. The Morgan fingerprint density at radius 3 is 2.15 bits per heavy atom. The van der Waals surface area contributed by atoms with Gasteiger partial charge in [-0.1, -0.05) is 0 Å². The summed E-state index contributed by atoms with van der Waals surface area (Å²) < 4.78 is 27.0. The summed E-state index contributed by atoms with van der Waals surface area (Å²) in [5, 5.41) is 10.5. The van der Waals surface area contributed by atoms with Crippen LogP contribution < -0.4 is 24.4 Å². The van der Waals surface area contributed by atoms with Crippen LogP contribution in [0.1, 0.15) is 5.56 Å². The highest BCUT2D eigenvalue weighted by atomic mass is 16.5. The Hall–Kier alpha value is -3.35. The van der Waals surface area contributed by atoms with Gasteiger partial charge in [-0.15, -0.1) is 0 Å². The van der Waals surface area contributed by atoms with Crippen LogP contribution in [-0.2, 0) is 0 Å². The number of ether oxygens (including phenoxy) is 4. The lowest BCUT2D eigenvalue weighted by molar-refractivity contribution is 0.355. The van der Waals surface area contributed by atoms with E-state index in [0.29, 0.717) is 28.4 Å². The van der Waals surface area contributed by atoms with Crippen molar-refractivity contribution in [2.75, 3.05) is 28.4 Å². The Bertz CT molecular complexity index is 1070. The van der Waals surface area contributed by atoms with Crippen LogP contribution in [0.4, 0.5) is 0 Å². The lowest BCUT2D eigenvalue weighted by Gasteiger charge is -2.14. The molecule has 3 aromatic rings. The molecule has 2 aromatic carbocycles. The molecular formula is C20H20O7. The minimum Gasteiger partial charge on any atom is -0.507 e. The summed E-state index contributed by atoms with van der Waals surface area (Å²) >= 11 is 0. The van der Waals surface area contributed by atoms with Crippen LogP contribution in [0.3, 0.4) is 0 Å². The van der Waals surface area contributed by atoms with E-state index in [4.69, 9.17) is 23.4 Å². The quantitative estimate of drug-likeness (QED) is 0.733. The Morgan fingerprint density at radius 1 is 0.889 bits per heavy atom. The number of methoxy groups -OCH3 is 4. The second kappa shape index (κ2) is 7.11. The van der Waals surface area contributed by atoms with E-state index in [9.17, 15) is 9.90 Å². The number of aromatic hydroxyl groups is 1. The second-order valence-corrected chi connectivity index (χ2v) is 5.79. The SMILES string of the molecule is COc1ccc(-c2oc3cc(OC)c(C)c(O)c3c(=O)c2OC)cc1OC. The minimum absolute atomic E-state index is 0.0189. The van der Waals surface area contributed by atoms with E-state index < -0.39 is 5.43 Å². The van der Waals surface area contributed by atoms with Crippen LogP contribution in [0.25, 0.3) is 22.3 Å². The first-order valence-electron chi connectivity index (χ1n) is 8.10. The monoisotopic (exact) mass is 372 g/mol. The van der Waals surface area contributed by atoms with E-state index >= 15 is 0 Å². The Labute approximate surface area is 155 Å². The van der Waals surface area contributed by atoms with Gasteiger partial charge in [-0.2, -0.15) is 0 Å². The maximum Gasteiger partial charge on any atom is 0.239 e. The van der Waals surface area contributed by atoms with Gasteiger partial charge in [0.2, 0.25) is 11.2 Å². The van der Waals surface area contributed by atoms with Gasteiger partial charge < -0.3 is 28.5 Å². The van der Waals surface area contributed by atoms with E-state index in [1.165, 1.54) is 28.4 Å². The van der Waals surface area contributed by atoms with Crippen molar-refractivity contribution in [1.82, 2.24) is 0 Å². The van der Waals surface area contributed by atoms with Crippen LogP contribution in [0.15, 0.2) is 33.5 Å². The van der Waals surface area contributed by atoms with Crippen molar-refractivity contribution in [2.24, 2.45) is 0 Å². The van der Waals surface area contributed by atoms with Gasteiger partial charge in [0.1, 0.15) is 22.5 Å². The number of hydrogen-bond donors (Lipinski definition) is 1. The number of rotatable bonds is 5. The zero-order valence-electron chi connectivity index (χ0n) is 15.7. The zero-order chi connectivity index (χ0) is 19.7. The van der Waals surface area contributed by atoms with Crippen LogP contribution in [0.5, 0.6) is 28.7 Å². The lowest BCUT2D eigenvalue weighted by atomic mass is 10.1. The first kappa shape index (κ1) is 18.4. The standard InChI is InChI=1S/C20H20O7/c1-10-13(24-3)9-15-16(17(10)21)18(22)20(26-5)19(27-15)11-6-7-12(23-2)14(8-11)25-4/h6-9,21H,1-5H3. The van der Waals surface area contributed by atoms with E-state index in [0.717, 1.165) is 0 Å². The molecule has 0 aliphatic heterocycles. The first-order chi connectivity index (χ1) is 13.0. The smallest absolute Gasteiger partial charge is 0.239 e. The molecule has 27 heavy (non-hydrogen) atoms. The Morgan fingerprint density at radius 2 is 1.56 bits per heavy atom. The predicted octanol–water partition coefficient (Wildman–Crippen LogP) is 3.51. The zero-order valence-corrected chi connectivity index (χ0v) is 15.7. The molecule has 7 nitrogen and oxygen atoms in total.